The quantitative estimate of drug-likeness (QED) is 0.523. The fraction of sp³-hybridized carbons (Fsp3) is 0.632. The summed E-state index contributed by atoms with van der Waals surface area (Å²) < 4.78 is 0. The molecule has 0 heterocycles. The van der Waals surface area contributed by atoms with E-state index in [1.807, 2.05) is 13.0 Å². The Morgan fingerprint density at radius 3 is 2.65 bits per heavy atom. The number of aliphatic hydroxyl groups is 1. The Hall–Kier alpha value is -1.55. The van der Waals surface area contributed by atoms with Gasteiger partial charge in [0.1, 0.15) is 11.6 Å². The molecule has 1 rings (SSSR count). The van der Waals surface area contributed by atoms with E-state index >= 15 is 0 Å². The third kappa shape index (κ3) is 5.54. The lowest BCUT2D eigenvalue weighted by Gasteiger charge is -2.16. The lowest BCUT2D eigenvalue weighted by Crippen LogP contribution is -2.24. The van der Waals surface area contributed by atoms with E-state index in [2.05, 4.69) is 19.6 Å². The molecule has 4 atom stereocenters. The van der Waals surface area contributed by atoms with Crippen molar-refractivity contribution in [1.29, 1.82) is 0 Å². The van der Waals surface area contributed by atoms with Crippen LogP contribution in [-0.2, 0) is 14.4 Å². The Labute approximate surface area is 138 Å². The van der Waals surface area contributed by atoms with E-state index in [0.717, 1.165) is 6.42 Å². The minimum Gasteiger partial charge on any atom is -0.388 e. The molecule has 23 heavy (non-hydrogen) atoms. The van der Waals surface area contributed by atoms with Crippen molar-refractivity contribution in [1.82, 2.24) is 0 Å². The van der Waals surface area contributed by atoms with Crippen LogP contribution in [0, 0.1) is 17.8 Å². The summed E-state index contributed by atoms with van der Waals surface area (Å²) in [5.74, 6) is -0.449. The van der Waals surface area contributed by atoms with Crippen molar-refractivity contribution in [3.8, 4) is 0 Å². The van der Waals surface area contributed by atoms with Crippen LogP contribution in [0.4, 0.5) is 0 Å². The molecule has 3 unspecified atom stereocenters. The van der Waals surface area contributed by atoms with E-state index in [9.17, 15) is 19.5 Å². The van der Waals surface area contributed by atoms with E-state index in [1.54, 1.807) is 6.92 Å². The Morgan fingerprint density at radius 2 is 2.09 bits per heavy atom. The zero-order chi connectivity index (χ0) is 17.6. The van der Waals surface area contributed by atoms with Crippen molar-refractivity contribution in [2.45, 2.75) is 59.0 Å². The largest absolute Gasteiger partial charge is 0.388 e. The standard InChI is InChI=1S/C19H28O4/c1-5-7-12(3)8-14-9-15(10-18(14)22)19(23)13(4)17(21)11-16(20)6-2/h5,7,12,14-15,17,21H,4,6,8-11H2,1-3H3/b7-5-/t12-,14?,15?,17?/m0/s1. The van der Waals surface area contributed by atoms with Crippen LogP contribution in [0.25, 0.3) is 0 Å². The van der Waals surface area contributed by atoms with Crippen LogP contribution < -0.4 is 0 Å². The summed E-state index contributed by atoms with van der Waals surface area (Å²) in [6.07, 6.45) is 4.63. The Morgan fingerprint density at radius 1 is 1.43 bits per heavy atom. The summed E-state index contributed by atoms with van der Waals surface area (Å²) in [5.41, 5.74) is 0.0618. The highest BCUT2D eigenvalue weighted by Gasteiger charge is 2.38. The van der Waals surface area contributed by atoms with E-state index in [-0.39, 0.29) is 41.7 Å². The van der Waals surface area contributed by atoms with Crippen LogP contribution in [0.1, 0.15) is 52.9 Å². The summed E-state index contributed by atoms with van der Waals surface area (Å²) in [6, 6.07) is 0. The van der Waals surface area contributed by atoms with Crippen LogP contribution in [0.5, 0.6) is 0 Å². The molecule has 1 aliphatic rings. The molecule has 0 aliphatic heterocycles. The van der Waals surface area contributed by atoms with E-state index in [0.29, 0.717) is 18.8 Å². The van der Waals surface area contributed by atoms with Crippen molar-refractivity contribution >= 4 is 17.3 Å². The fourth-order valence-corrected chi connectivity index (χ4v) is 3.16. The summed E-state index contributed by atoms with van der Waals surface area (Å²) in [4.78, 5) is 35.9. The molecule has 0 radical (unpaired) electrons. The molecule has 1 N–H and O–H groups in total. The number of ketones is 3. The first-order valence-corrected chi connectivity index (χ1v) is 8.38. The Balaban J connectivity index is 2.62. The number of rotatable bonds is 9. The molecule has 4 nitrogen and oxygen atoms in total. The number of carbonyl (C=O) groups excluding carboxylic acids is 3. The summed E-state index contributed by atoms with van der Waals surface area (Å²) in [6.45, 7) is 9.37. The molecule has 1 aliphatic carbocycles. The minimum absolute atomic E-state index is 0.0618. The highest BCUT2D eigenvalue weighted by molar-refractivity contribution is 6.02. The van der Waals surface area contributed by atoms with Gasteiger partial charge in [0, 0.05) is 36.7 Å². The third-order valence-electron chi connectivity index (χ3n) is 4.55. The monoisotopic (exact) mass is 320 g/mol. The fourth-order valence-electron chi connectivity index (χ4n) is 3.16. The topological polar surface area (TPSA) is 71.4 Å². The molecule has 0 aromatic rings. The van der Waals surface area contributed by atoms with Crippen molar-refractivity contribution in [3.63, 3.8) is 0 Å². The third-order valence-corrected chi connectivity index (χ3v) is 4.55. The lowest BCUT2D eigenvalue weighted by atomic mass is 9.89. The molecule has 0 aromatic carbocycles. The van der Waals surface area contributed by atoms with E-state index in [1.165, 1.54) is 0 Å². The molecule has 0 saturated heterocycles. The van der Waals surface area contributed by atoms with Crippen molar-refractivity contribution < 1.29 is 19.5 Å². The predicted molar refractivity (Wildman–Crippen MR) is 89.9 cm³/mol. The molecule has 4 heteroatoms. The maximum absolute atomic E-state index is 12.4. The normalized spacial score (nSPS) is 23.9. The van der Waals surface area contributed by atoms with Gasteiger partial charge in [-0.1, -0.05) is 32.6 Å². The molecule has 1 fully saturated rings. The first-order chi connectivity index (χ1) is 10.8. The van der Waals surface area contributed by atoms with Crippen LogP contribution >= 0.6 is 0 Å². The number of carbonyl (C=O) groups is 3. The Bertz CT molecular complexity index is 503. The first kappa shape index (κ1) is 19.5. The van der Waals surface area contributed by atoms with Crippen LogP contribution in [-0.4, -0.2) is 28.6 Å². The van der Waals surface area contributed by atoms with Gasteiger partial charge in [-0.2, -0.15) is 0 Å². The average Bonchev–Trinajstić information content (AvgIpc) is 2.86. The summed E-state index contributed by atoms with van der Waals surface area (Å²) in [5, 5.41) is 9.96. The van der Waals surface area contributed by atoms with Crippen LogP contribution in [0.3, 0.4) is 0 Å². The van der Waals surface area contributed by atoms with Gasteiger partial charge in [0.2, 0.25) is 0 Å². The second-order valence-corrected chi connectivity index (χ2v) is 6.54. The number of hydrogen-bond acceptors (Lipinski definition) is 4. The predicted octanol–water partition coefficient (Wildman–Crippen LogP) is 3.04. The van der Waals surface area contributed by atoms with Gasteiger partial charge in [-0.15, -0.1) is 0 Å². The number of aliphatic hydroxyl groups excluding tert-OH is 1. The summed E-state index contributed by atoms with van der Waals surface area (Å²) >= 11 is 0. The van der Waals surface area contributed by atoms with E-state index in [4.69, 9.17) is 0 Å². The zero-order valence-corrected chi connectivity index (χ0v) is 14.4. The first-order valence-electron chi connectivity index (χ1n) is 8.38. The summed E-state index contributed by atoms with van der Waals surface area (Å²) in [7, 11) is 0. The van der Waals surface area contributed by atoms with Gasteiger partial charge in [-0.25, -0.2) is 0 Å². The van der Waals surface area contributed by atoms with Gasteiger partial charge in [0.05, 0.1) is 6.10 Å². The molecule has 0 spiro atoms. The number of Topliss-reactive ketones (excluding diaryl/α,β-unsaturated/α-hetero) is 3. The SMILES string of the molecule is C=C(C(=O)C1CC(=O)C(C[C@@H](C)/C=C\C)C1)C(O)CC(=O)CC. The maximum atomic E-state index is 12.4. The molecule has 0 bridgehead atoms. The van der Waals surface area contributed by atoms with Gasteiger partial charge >= 0.3 is 0 Å². The lowest BCUT2D eigenvalue weighted by molar-refractivity contribution is -0.124. The highest BCUT2D eigenvalue weighted by Crippen LogP contribution is 2.34. The van der Waals surface area contributed by atoms with Gasteiger partial charge in [0.25, 0.3) is 0 Å². The molecule has 128 valence electrons. The molecule has 0 aromatic heterocycles. The average molecular weight is 320 g/mol. The highest BCUT2D eigenvalue weighted by atomic mass is 16.3. The second kappa shape index (κ2) is 8.92. The van der Waals surface area contributed by atoms with E-state index < -0.39 is 12.0 Å². The minimum atomic E-state index is -1.13. The van der Waals surface area contributed by atoms with Crippen LogP contribution in [0.2, 0.25) is 0 Å². The van der Waals surface area contributed by atoms with Gasteiger partial charge < -0.3 is 5.11 Å². The number of allylic oxidation sites excluding steroid dienone is 2. The molecule has 1 saturated carbocycles. The van der Waals surface area contributed by atoms with Gasteiger partial charge in [-0.3, -0.25) is 14.4 Å². The van der Waals surface area contributed by atoms with Gasteiger partial charge in [0.15, 0.2) is 5.78 Å². The molecular weight excluding hydrogens is 292 g/mol. The smallest absolute Gasteiger partial charge is 0.164 e. The number of hydrogen-bond donors (Lipinski definition) is 1. The van der Waals surface area contributed by atoms with Crippen molar-refractivity contribution in [3.05, 3.63) is 24.3 Å². The maximum Gasteiger partial charge on any atom is 0.164 e. The molecular formula is C19H28O4. The van der Waals surface area contributed by atoms with Gasteiger partial charge in [-0.05, 0) is 25.7 Å². The van der Waals surface area contributed by atoms with Crippen molar-refractivity contribution in [2.24, 2.45) is 17.8 Å². The molecule has 0 amide bonds. The van der Waals surface area contributed by atoms with Crippen molar-refractivity contribution in [2.75, 3.05) is 0 Å². The van der Waals surface area contributed by atoms with Crippen LogP contribution in [0.15, 0.2) is 24.3 Å². The zero-order valence-electron chi connectivity index (χ0n) is 14.4. The Kier molecular flexibility index (Phi) is 7.56. The second-order valence-electron chi connectivity index (χ2n) is 6.54.